The molecule has 1 fully saturated rings. The zero-order valence-electron chi connectivity index (χ0n) is 18.1. The van der Waals surface area contributed by atoms with Crippen LogP contribution in [0.5, 0.6) is 11.5 Å². The Morgan fingerprint density at radius 2 is 1.68 bits per heavy atom. The molecule has 2 aromatic rings. The van der Waals surface area contributed by atoms with Crippen LogP contribution in [0.4, 0.5) is 5.69 Å². The molecule has 164 valence electrons. The minimum atomic E-state index is -0.168. The molecule has 2 aliphatic heterocycles. The smallest absolute Gasteiger partial charge is 0.236 e. The van der Waals surface area contributed by atoms with Gasteiger partial charge in [-0.3, -0.25) is 14.5 Å². The van der Waals surface area contributed by atoms with Crippen LogP contribution >= 0.6 is 0 Å². The Balaban J connectivity index is 1.23. The van der Waals surface area contributed by atoms with Crippen LogP contribution in [0.2, 0.25) is 0 Å². The molecule has 4 rings (SSSR count). The molecule has 7 nitrogen and oxygen atoms in total. The van der Waals surface area contributed by atoms with Crippen molar-refractivity contribution >= 4 is 17.4 Å². The lowest BCUT2D eigenvalue weighted by Gasteiger charge is -2.36. The summed E-state index contributed by atoms with van der Waals surface area (Å²) in [4.78, 5) is 30.4. The number of hydrogen-bond donors (Lipinski definition) is 0. The maximum absolute atomic E-state index is 12.7. The highest BCUT2D eigenvalue weighted by Gasteiger charge is 2.25. The van der Waals surface area contributed by atoms with E-state index < -0.39 is 0 Å². The average Bonchev–Trinajstić information content (AvgIpc) is 2.79. The van der Waals surface area contributed by atoms with Crippen molar-refractivity contribution in [1.29, 1.82) is 0 Å². The second-order valence-electron chi connectivity index (χ2n) is 8.14. The van der Waals surface area contributed by atoms with E-state index >= 15 is 0 Å². The number of likely N-dealkylation sites (N-methyl/N-ethyl adjacent to an activating group) is 1. The van der Waals surface area contributed by atoms with Crippen LogP contribution in [-0.4, -0.2) is 80.5 Å². The Morgan fingerprint density at radius 1 is 1.00 bits per heavy atom. The van der Waals surface area contributed by atoms with E-state index in [0.717, 1.165) is 48.9 Å². The highest BCUT2D eigenvalue weighted by atomic mass is 16.6. The fourth-order valence-corrected chi connectivity index (χ4v) is 3.94. The van der Waals surface area contributed by atoms with E-state index in [1.165, 1.54) is 0 Å². The second-order valence-corrected chi connectivity index (χ2v) is 8.14. The van der Waals surface area contributed by atoms with Gasteiger partial charge in [-0.05, 0) is 43.3 Å². The topological polar surface area (TPSA) is 62.3 Å². The molecule has 0 unspecified atom stereocenters. The molecule has 0 bridgehead atoms. The summed E-state index contributed by atoms with van der Waals surface area (Å²) in [5, 5.41) is 0. The molecule has 0 aliphatic carbocycles. The van der Waals surface area contributed by atoms with Crippen molar-refractivity contribution in [3.8, 4) is 11.5 Å². The summed E-state index contributed by atoms with van der Waals surface area (Å²) in [6.07, 6.45) is -0.168. The predicted molar refractivity (Wildman–Crippen MR) is 119 cm³/mol. The number of ketones is 1. The number of ether oxygens (including phenoxy) is 2. The third-order valence-corrected chi connectivity index (χ3v) is 5.84. The van der Waals surface area contributed by atoms with Gasteiger partial charge in [-0.15, -0.1) is 0 Å². The van der Waals surface area contributed by atoms with E-state index in [2.05, 4.69) is 9.80 Å². The Kier molecular flexibility index (Phi) is 6.42. The van der Waals surface area contributed by atoms with Gasteiger partial charge in [0.25, 0.3) is 0 Å². The Bertz CT molecular complexity index is 923. The molecule has 1 saturated heterocycles. The minimum Gasteiger partial charge on any atom is -0.486 e. The summed E-state index contributed by atoms with van der Waals surface area (Å²) in [5.41, 5.74) is 1.84. The fourth-order valence-electron chi connectivity index (χ4n) is 3.94. The van der Waals surface area contributed by atoms with Gasteiger partial charge in [-0.25, -0.2) is 0 Å². The largest absolute Gasteiger partial charge is 0.486 e. The van der Waals surface area contributed by atoms with Gasteiger partial charge in [0, 0.05) is 44.5 Å². The number of piperazine rings is 1. The molecule has 1 amide bonds. The molecule has 0 spiro atoms. The number of carbonyl (C=O) groups is 2. The highest BCUT2D eigenvalue weighted by molar-refractivity contribution is 5.94. The first-order valence-corrected chi connectivity index (χ1v) is 10.7. The fraction of sp³-hybridized carbons (Fsp3) is 0.417. The van der Waals surface area contributed by atoms with Crippen molar-refractivity contribution in [3.05, 3.63) is 54.1 Å². The van der Waals surface area contributed by atoms with Crippen LogP contribution < -0.4 is 14.4 Å². The van der Waals surface area contributed by atoms with Crippen LogP contribution in [0.25, 0.3) is 0 Å². The van der Waals surface area contributed by atoms with Gasteiger partial charge >= 0.3 is 0 Å². The zero-order chi connectivity index (χ0) is 21.8. The number of anilines is 1. The number of fused-ring (bicyclic) bond motifs is 1. The molecule has 7 heteroatoms. The van der Waals surface area contributed by atoms with E-state index in [1.54, 1.807) is 11.8 Å². The van der Waals surface area contributed by atoms with E-state index in [1.807, 2.05) is 55.6 Å². The molecule has 31 heavy (non-hydrogen) atoms. The first-order chi connectivity index (χ1) is 15.0. The van der Waals surface area contributed by atoms with Crippen molar-refractivity contribution in [3.63, 3.8) is 0 Å². The van der Waals surface area contributed by atoms with Crippen LogP contribution in [-0.2, 0) is 4.79 Å². The van der Waals surface area contributed by atoms with Crippen LogP contribution in [0, 0.1) is 0 Å². The lowest BCUT2D eigenvalue weighted by molar-refractivity contribution is -0.132. The number of amides is 1. The molecular formula is C24H29N3O4. The summed E-state index contributed by atoms with van der Waals surface area (Å²) in [7, 11) is 1.82. The summed E-state index contributed by atoms with van der Waals surface area (Å²) in [6, 6.07) is 15.3. The van der Waals surface area contributed by atoms with Crippen LogP contribution in [0.15, 0.2) is 48.5 Å². The summed E-state index contributed by atoms with van der Waals surface area (Å²) in [6.45, 7) is 6.27. The number of hydrogen-bond acceptors (Lipinski definition) is 6. The van der Waals surface area contributed by atoms with Crippen molar-refractivity contribution < 1.29 is 19.1 Å². The molecule has 2 heterocycles. The lowest BCUT2D eigenvalue weighted by Crippen LogP contribution is -2.51. The summed E-state index contributed by atoms with van der Waals surface area (Å²) in [5.74, 6) is 1.64. The van der Waals surface area contributed by atoms with Gasteiger partial charge in [0.15, 0.2) is 23.4 Å². The summed E-state index contributed by atoms with van der Waals surface area (Å²) >= 11 is 0. The van der Waals surface area contributed by atoms with Gasteiger partial charge in [0.1, 0.15) is 6.61 Å². The number of nitrogens with zero attached hydrogens (tertiary/aromatic N) is 3. The maximum Gasteiger partial charge on any atom is 0.236 e. The summed E-state index contributed by atoms with van der Waals surface area (Å²) < 4.78 is 11.7. The minimum absolute atomic E-state index is 0.0772. The van der Waals surface area contributed by atoms with Gasteiger partial charge in [0.05, 0.1) is 13.1 Å². The van der Waals surface area contributed by atoms with E-state index in [9.17, 15) is 9.59 Å². The van der Waals surface area contributed by atoms with Gasteiger partial charge in [0.2, 0.25) is 5.91 Å². The molecule has 0 saturated carbocycles. The molecular weight excluding hydrogens is 394 g/mol. The maximum atomic E-state index is 12.7. The number of Topliss-reactive ketones (excluding diaryl/α,β-unsaturated/α-hetero) is 1. The molecule has 1 atom stereocenters. The van der Waals surface area contributed by atoms with Crippen molar-refractivity contribution in [2.75, 3.05) is 57.8 Å². The number of para-hydroxylation sites is 2. The highest BCUT2D eigenvalue weighted by Crippen LogP contribution is 2.31. The normalized spacial score (nSPS) is 18.5. The lowest BCUT2D eigenvalue weighted by atomic mass is 10.1. The first-order valence-electron chi connectivity index (χ1n) is 10.7. The van der Waals surface area contributed by atoms with E-state index in [-0.39, 0.29) is 17.8 Å². The van der Waals surface area contributed by atoms with Crippen LogP contribution in [0.1, 0.15) is 17.3 Å². The Labute approximate surface area is 183 Å². The molecule has 2 aromatic carbocycles. The zero-order valence-corrected chi connectivity index (χ0v) is 18.1. The van der Waals surface area contributed by atoms with Crippen LogP contribution in [0.3, 0.4) is 0 Å². The van der Waals surface area contributed by atoms with E-state index in [0.29, 0.717) is 19.7 Å². The third kappa shape index (κ3) is 5.17. The molecule has 0 radical (unpaired) electrons. The van der Waals surface area contributed by atoms with Crippen molar-refractivity contribution in [1.82, 2.24) is 9.80 Å². The SMILES string of the molecule is CC(=O)c1ccc(N2CCN(CC(=O)N(C)C[C@@H]3COc4ccccc4O3)CC2)cc1. The van der Waals surface area contributed by atoms with Crippen molar-refractivity contribution in [2.24, 2.45) is 0 Å². The van der Waals surface area contributed by atoms with Gasteiger partial charge in [-0.1, -0.05) is 12.1 Å². The molecule has 2 aliphatic rings. The predicted octanol–water partition coefficient (Wildman–Crippen LogP) is 2.31. The Morgan fingerprint density at radius 3 is 2.35 bits per heavy atom. The monoisotopic (exact) mass is 423 g/mol. The third-order valence-electron chi connectivity index (χ3n) is 5.84. The standard InChI is InChI=1S/C24H29N3O4/c1-18(28)19-7-9-20(10-8-19)27-13-11-26(12-14-27)16-24(29)25(2)15-21-17-30-22-5-3-4-6-23(22)31-21/h3-10,21H,11-17H2,1-2H3/t21-/m1/s1. The Hall–Kier alpha value is -3.06. The number of benzene rings is 2. The molecule has 0 N–H and O–H groups in total. The first kappa shape index (κ1) is 21.2. The number of rotatable bonds is 6. The van der Waals surface area contributed by atoms with Gasteiger partial charge in [-0.2, -0.15) is 0 Å². The second kappa shape index (κ2) is 9.39. The quantitative estimate of drug-likeness (QED) is 0.665. The van der Waals surface area contributed by atoms with Crippen molar-refractivity contribution in [2.45, 2.75) is 13.0 Å². The molecule has 0 aromatic heterocycles. The van der Waals surface area contributed by atoms with Gasteiger partial charge < -0.3 is 19.3 Å². The number of carbonyl (C=O) groups excluding carboxylic acids is 2. The van der Waals surface area contributed by atoms with E-state index in [4.69, 9.17) is 9.47 Å². The average molecular weight is 424 g/mol.